The Bertz CT molecular complexity index is 513. The third kappa shape index (κ3) is 2.99. The molecule has 20 heavy (non-hydrogen) atoms. The van der Waals surface area contributed by atoms with Crippen molar-refractivity contribution in [3.05, 3.63) is 35.1 Å². The van der Waals surface area contributed by atoms with Crippen LogP contribution in [0.3, 0.4) is 0 Å². The molecule has 3 N–H and O–H groups in total. The lowest BCUT2D eigenvalue weighted by molar-refractivity contribution is 0.0355. The molecule has 0 aliphatic carbocycles. The van der Waals surface area contributed by atoms with Gasteiger partial charge in [-0.05, 0) is 27.0 Å². The van der Waals surface area contributed by atoms with Crippen molar-refractivity contribution in [3.8, 4) is 0 Å². The Morgan fingerprint density at radius 2 is 2.10 bits per heavy atom. The number of halogens is 1. The van der Waals surface area contributed by atoms with Crippen molar-refractivity contribution < 1.29 is 4.39 Å². The number of nitrogen functional groups attached to an aromatic ring is 1. The van der Waals surface area contributed by atoms with Crippen LogP contribution in [0.5, 0.6) is 0 Å². The maximum Gasteiger partial charge on any atom is 0.138 e. The van der Waals surface area contributed by atoms with Crippen LogP contribution in [0.1, 0.15) is 25.0 Å². The topological polar surface area (TPSA) is 56.4 Å². The third-order valence-electron chi connectivity index (χ3n) is 4.16. The predicted octanol–water partition coefficient (Wildman–Crippen LogP) is 1.64. The highest BCUT2D eigenvalue weighted by atomic mass is 19.1. The summed E-state index contributed by atoms with van der Waals surface area (Å²) in [6.45, 7) is 7.74. The zero-order valence-corrected chi connectivity index (χ0v) is 12.4. The number of hydrogen-bond donors (Lipinski definition) is 2. The Hall–Kier alpha value is -1.46. The average Bonchev–Trinajstić information content (AvgIpc) is 2.35. The number of hydrogen-bond acceptors (Lipinski definition) is 3. The van der Waals surface area contributed by atoms with E-state index in [1.807, 2.05) is 0 Å². The smallest absolute Gasteiger partial charge is 0.138 e. The predicted molar refractivity (Wildman–Crippen MR) is 79.4 cm³/mol. The van der Waals surface area contributed by atoms with Crippen LogP contribution in [0.15, 0.2) is 18.2 Å². The molecule has 0 bridgehead atoms. The fourth-order valence-corrected chi connectivity index (χ4v) is 2.63. The summed E-state index contributed by atoms with van der Waals surface area (Å²) in [5.74, 6) is -0.584. The summed E-state index contributed by atoms with van der Waals surface area (Å²) in [4.78, 5) is 4.58. The maximum atomic E-state index is 14.3. The zero-order valence-electron chi connectivity index (χ0n) is 12.4. The van der Waals surface area contributed by atoms with E-state index < -0.39 is 0 Å². The highest BCUT2D eigenvalue weighted by Gasteiger charge is 2.31. The second-order valence-electron chi connectivity index (χ2n) is 6.14. The Morgan fingerprint density at radius 1 is 1.40 bits per heavy atom. The first-order valence-electron chi connectivity index (χ1n) is 6.86. The molecular formula is C15H23FN4. The lowest BCUT2D eigenvalue weighted by atomic mass is 9.99. The lowest BCUT2D eigenvalue weighted by Crippen LogP contribution is -2.57. The van der Waals surface area contributed by atoms with Crippen molar-refractivity contribution in [2.45, 2.75) is 25.9 Å². The molecule has 110 valence electrons. The van der Waals surface area contributed by atoms with Gasteiger partial charge in [0.2, 0.25) is 0 Å². The second-order valence-corrected chi connectivity index (χ2v) is 6.14. The third-order valence-corrected chi connectivity index (χ3v) is 4.16. The molecule has 5 heteroatoms. The van der Waals surface area contributed by atoms with E-state index in [-0.39, 0.29) is 22.8 Å². The van der Waals surface area contributed by atoms with Crippen LogP contribution in [-0.4, -0.2) is 47.9 Å². The van der Waals surface area contributed by atoms with E-state index in [0.29, 0.717) is 12.1 Å². The molecule has 1 aliphatic heterocycles. The molecule has 1 aliphatic rings. The monoisotopic (exact) mass is 278 g/mol. The zero-order chi connectivity index (χ0) is 14.9. The van der Waals surface area contributed by atoms with Crippen molar-refractivity contribution in [2.24, 2.45) is 5.73 Å². The molecule has 1 aromatic rings. The van der Waals surface area contributed by atoms with Gasteiger partial charge in [0.1, 0.15) is 11.7 Å². The minimum atomic E-state index is -0.364. The highest BCUT2D eigenvalue weighted by molar-refractivity contribution is 5.95. The number of benzene rings is 1. The Labute approximate surface area is 119 Å². The van der Waals surface area contributed by atoms with E-state index in [2.05, 4.69) is 30.7 Å². The first-order valence-corrected chi connectivity index (χ1v) is 6.86. The highest BCUT2D eigenvalue weighted by Crippen LogP contribution is 2.22. The Balaban J connectivity index is 2.15. The van der Waals surface area contributed by atoms with Crippen LogP contribution in [0.4, 0.5) is 4.39 Å². The van der Waals surface area contributed by atoms with Crippen molar-refractivity contribution >= 4 is 5.84 Å². The molecule has 0 aromatic heterocycles. The number of nitrogens with two attached hydrogens (primary N) is 1. The average molecular weight is 278 g/mol. The molecule has 1 fully saturated rings. The summed E-state index contributed by atoms with van der Waals surface area (Å²) in [5.41, 5.74) is 6.29. The maximum absolute atomic E-state index is 14.3. The van der Waals surface area contributed by atoms with E-state index in [1.54, 1.807) is 18.2 Å². The normalized spacial score (nSPS) is 20.0. The van der Waals surface area contributed by atoms with Gasteiger partial charge in [-0.25, -0.2) is 4.39 Å². The van der Waals surface area contributed by atoms with Crippen LogP contribution >= 0.6 is 0 Å². The summed E-state index contributed by atoms with van der Waals surface area (Å²) < 4.78 is 14.3. The number of amidine groups is 1. The summed E-state index contributed by atoms with van der Waals surface area (Å²) in [6.07, 6.45) is 0. The van der Waals surface area contributed by atoms with E-state index in [4.69, 9.17) is 11.1 Å². The van der Waals surface area contributed by atoms with E-state index in [9.17, 15) is 4.39 Å². The molecule has 0 amide bonds. The van der Waals surface area contributed by atoms with Gasteiger partial charge in [-0.2, -0.15) is 0 Å². The SMILES string of the molecule is CN1CCN(Cc2cccc(C(=N)N)c2F)CC1(C)C. The molecule has 1 heterocycles. The molecule has 0 radical (unpaired) electrons. The minimum absolute atomic E-state index is 0.0902. The van der Waals surface area contributed by atoms with Crippen LogP contribution in [-0.2, 0) is 6.54 Å². The van der Waals surface area contributed by atoms with Crippen molar-refractivity contribution in [2.75, 3.05) is 26.7 Å². The first-order chi connectivity index (χ1) is 9.31. The molecule has 1 aromatic carbocycles. The van der Waals surface area contributed by atoms with Gasteiger partial charge in [0, 0.05) is 37.3 Å². The fourth-order valence-electron chi connectivity index (χ4n) is 2.63. The largest absolute Gasteiger partial charge is 0.384 e. The number of nitrogens with zero attached hydrogens (tertiary/aromatic N) is 2. The molecule has 1 saturated heterocycles. The van der Waals surface area contributed by atoms with Gasteiger partial charge in [-0.1, -0.05) is 12.1 Å². The van der Waals surface area contributed by atoms with E-state index >= 15 is 0 Å². The van der Waals surface area contributed by atoms with Gasteiger partial charge in [0.15, 0.2) is 0 Å². The van der Waals surface area contributed by atoms with E-state index in [0.717, 1.165) is 19.6 Å². The van der Waals surface area contributed by atoms with Crippen molar-refractivity contribution in [1.82, 2.24) is 9.80 Å². The summed E-state index contributed by atoms with van der Waals surface area (Å²) in [5, 5.41) is 7.40. The van der Waals surface area contributed by atoms with Crippen LogP contribution in [0, 0.1) is 11.2 Å². The van der Waals surface area contributed by atoms with Crippen molar-refractivity contribution in [1.29, 1.82) is 5.41 Å². The Morgan fingerprint density at radius 3 is 2.70 bits per heavy atom. The van der Waals surface area contributed by atoms with Gasteiger partial charge < -0.3 is 5.73 Å². The first kappa shape index (κ1) is 14.9. The summed E-state index contributed by atoms with van der Waals surface area (Å²) in [7, 11) is 2.12. The van der Waals surface area contributed by atoms with Crippen LogP contribution in [0.25, 0.3) is 0 Å². The Kier molecular flexibility index (Phi) is 4.11. The number of rotatable bonds is 3. The number of nitrogens with one attached hydrogen (secondary N) is 1. The molecule has 4 nitrogen and oxygen atoms in total. The van der Waals surface area contributed by atoms with Gasteiger partial charge in [-0.15, -0.1) is 0 Å². The molecule has 0 atom stereocenters. The summed E-state index contributed by atoms with van der Waals surface area (Å²) >= 11 is 0. The van der Waals surface area contributed by atoms with Gasteiger partial charge in [0.25, 0.3) is 0 Å². The van der Waals surface area contributed by atoms with Gasteiger partial charge in [-0.3, -0.25) is 15.2 Å². The quantitative estimate of drug-likeness (QED) is 0.653. The summed E-state index contributed by atoms with van der Waals surface area (Å²) in [6, 6.07) is 5.08. The van der Waals surface area contributed by atoms with Gasteiger partial charge >= 0.3 is 0 Å². The second kappa shape index (κ2) is 5.50. The molecular weight excluding hydrogens is 255 g/mol. The standard InChI is InChI=1S/C15H23FN4/c1-15(2)10-20(8-7-19(15)3)9-11-5-4-6-12(13(11)16)14(17)18/h4-6H,7-10H2,1-3H3,(H3,17,18). The fraction of sp³-hybridized carbons (Fsp3) is 0.533. The molecule has 0 saturated carbocycles. The molecule has 0 spiro atoms. The van der Waals surface area contributed by atoms with Crippen LogP contribution < -0.4 is 5.73 Å². The van der Waals surface area contributed by atoms with Crippen molar-refractivity contribution in [3.63, 3.8) is 0 Å². The number of likely N-dealkylation sites (N-methyl/N-ethyl adjacent to an activating group) is 1. The van der Waals surface area contributed by atoms with E-state index in [1.165, 1.54) is 0 Å². The molecule has 0 unspecified atom stereocenters. The lowest BCUT2D eigenvalue weighted by Gasteiger charge is -2.45. The molecule has 2 rings (SSSR count). The number of piperazine rings is 1. The van der Waals surface area contributed by atoms with Gasteiger partial charge in [0.05, 0.1) is 5.56 Å². The van der Waals surface area contributed by atoms with Crippen LogP contribution in [0.2, 0.25) is 0 Å². The minimum Gasteiger partial charge on any atom is -0.384 e.